The second-order valence-electron chi connectivity index (χ2n) is 4.01. The SMILES string of the molecule is COc1cc(C#N)ccc1NCc1cccc(Cl)c1. The summed E-state index contributed by atoms with van der Waals surface area (Å²) in [4.78, 5) is 0. The first-order valence-corrected chi connectivity index (χ1v) is 6.17. The zero-order valence-electron chi connectivity index (χ0n) is 10.5. The largest absolute Gasteiger partial charge is 0.495 e. The molecule has 4 heteroatoms. The van der Waals surface area contributed by atoms with Crippen LogP contribution in [-0.4, -0.2) is 7.11 Å². The molecule has 0 aliphatic heterocycles. The fourth-order valence-corrected chi connectivity index (χ4v) is 1.96. The Hall–Kier alpha value is -2.18. The van der Waals surface area contributed by atoms with E-state index >= 15 is 0 Å². The maximum atomic E-state index is 8.85. The second-order valence-corrected chi connectivity index (χ2v) is 4.45. The zero-order valence-corrected chi connectivity index (χ0v) is 11.2. The number of rotatable bonds is 4. The van der Waals surface area contributed by atoms with Gasteiger partial charge in [-0.15, -0.1) is 0 Å². The lowest BCUT2D eigenvalue weighted by Gasteiger charge is -2.11. The molecule has 0 aliphatic carbocycles. The number of halogens is 1. The van der Waals surface area contributed by atoms with E-state index in [9.17, 15) is 0 Å². The molecule has 19 heavy (non-hydrogen) atoms. The predicted molar refractivity (Wildman–Crippen MR) is 76.5 cm³/mol. The Morgan fingerprint density at radius 2 is 2.11 bits per heavy atom. The molecule has 2 rings (SSSR count). The van der Waals surface area contributed by atoms with Gasteiger partial charge in [0.15, 0.2) is 0 Å². The maximum Gasteiger partial charge on any atom is 0.143 e. The van der Waals surface area contributed by atoms with Crippen LogP contribution in [0.25, 0.3) is 0 Å². The van der Waals surface area contributed by atoms with Gasteiger partial charge in [-0.05, 0) is 29.8 Å². The summed E-state index contributed by atoms with van der Waals surface area (Å²) < 4.78 is 5.26. The molecule has 0 amide bonds. The fourth-order valence-electron chi connectivity index (χ4n) is 1.75. The Morgan fingerprint density at radius 1 is 1.26 bits per heavy atom. The van der Waals surface area contributed by atoms with Crippen molar-refractivity contribution in [3.63, 3.8) is 0 Å². The molecule has 1 N–H and O–H groups in total. The number of ether oxygens (including phenoxy) is 1. The first-order chi connectivity index (χ1) is 9.22. The van der Waals surface area contributed by atoms with E-state index in [0.29, 0.717) is 22.9 Å². The number of nitrogens with one attached hydrogen (secondary N) is 1. The average Bonchev–Trinajstić information content (AvgIpc) is 2.45. The molecular formula is C15H13ClN2O. The first-order valence-electron chi connectivity index (χ1n) is 5.79. The van der Waals surface area contributed by atoms with Gasteiger partial charge in [0, 0.05) is 17.6 Å². The number of methoxy groups -OCH3 is 1. The fraction of sp³-hybridized carbons (Fsp3) is 0.133. The number of hydrogen-bond acceptors (Lipinski definition) is 3. The van der Waals surface area contributed by atoms with Crippen LogP contribution in [0.5, 0.6) is 5.75 Å². The van der Waals surface area contributed by atoms with E-state index in [1.807, 2.05) is 30.3 Å². The highest BCUT2D eigenvalue weighted by atomic mass is 35.5. The van der Waals surface area contributed by atoms with Crippen LogP contribution in [0.4, 0.5) is 5.69 Å². The Balaban J connectivity index is 2.13. The third-order valence-electron chi connectivity index (χ3n) is 2.70. The molecule has 0 unspecified atom stereocenters. The third kappa shape index (κ3) is 3.40. The highest BCUT2D eigenvalue weighted by molar-refractivity contribution is 6.30. The molecule has 2 aromatic rings. The molecule has 0 saturated carbocycles. The van der Waals surface area contributed by atoms with Gasteiger partial charge in [-0.3, -0.25) is 0 Å². The van der Waals surface area contributed by atoms with Crippen LogP contribution >= 0.6 is 11.6 Å². The smallest absolute Gasteiger partial charge is 0.143 e. The van der Waals surface area contributed by atoms with Crippen molar-refractivity contribution in [2.75, 3.05) is 12.4 Å². The summed E-state index contributed by atoms with van der Waals surface area (Å²) >= 11 is 5.94. The highest BCUT2D eigenvalue weighted by Crippen LogP contribution is 2.26. The van der Waals surface area contributed by atoms with E-state index in [1.54, 1.807) is 19.2 Å². The molecule has 96 valence electrons. The Bertz CT molecular complexity index is 620. The van der Waals surface area contributed by atoms with Gasteiger partial charge in [-0.1, -0.05) is 23.7 Å². The van der Waals surface area contributed by atoms with E-state index in [4.69, 9.17) is 21.6 Å². The van der Waals surface area contributed by atoms with Gasteiger partial charge in [-0.25, -0.2) is 0 Å². The van der Waals surface area contributed by atoms with Gasteiger partial charge in [0.2, 0.25) is 0 Å². The van der Waals surface area contributed by atoms with E-state index in [0.717, 1.165) is 11.3 Å². The van der Waals surface area contributed by atoms with Crippen molar-refractivity contribution >= 4 is 17.3 Å². The number of anilines is 1. The van der Waals surface area contributed by atoms with Gasteiger partial charge in [0.05, 0.1) is 24.4 Å². The number of benzene rings is 2. The van der Waals surface area contributed by atoms with Crippen molar-refractivity contribution in [2.24, 2.45) is 0 Å². The van der Waals surface area contributed by atoms with Crippen molar-refractivity contribution in [2.45, 2.75) is 6.54 Å². The van der Waals surface area contributed by atoms with Gasteiger partial charge in [0.25, 0.3) is 0 Å². The Kier molecular flexibility index (Phi) is 4.27. The Labute approximate surface area is 117 Å². The summed E-state index contributed by atoms with van der Waals surface area (Å²) in [6.45, 7) is 0.642. The lowest BCUT2D eigenvalue weighted by atomic mass is 10.2. The molecule has 2 aromatic carbocycles. The van der Waals surface area contributed by atoms with Crippen LogP contribution in [0.2, 0.25) is 5.02 Å². The van der Waals surface area contributed by atoms with Crippen LogP contribution in [0.3, 0.4) is 0 Å². The Morgan fingerprint density at radius 3 is 2.79 bits per heavy atom. The van der Waals surface area contributed by atoms with Crippen molar-refractivity contribution < 1.29 is 4.74 Å². The predicted octanol–water partition coefficient (Wildman–Crippen LogP) is 3.83. The maximum absolute atomic E-state index is 8.85. The molecule has 0 fully saturated rings. The van der Waals surface area contributed by atoms with Crippen LogP contribution < -0.4 is 10.1 Å². The normalized spacial score (nSPS) is 9.74. The monoisotopic (exact) mass is 272 g/mol. The lowest BCUT2D eigenvalue weighted by molar-refractivity contribution is 0.416. The molecule has 0 radical (unpaired) electrons. The average molecular weight is 273 g/mol. The van der Waals surface area contributed by atoms with Crippen LogP contribution in [0.15, 0.2) is 42.5 Å². The highest BCUT2D eigenvalue weighted by Gasteiger charge is 2.04. The van der Waals surface area contributed by atoms with E-state index < -0.39 is 0 Å². The summed E-state index contributed by atoms with van der Waals surface area (Å²) in [6, 6.07) is 15.0. The summed E-state index contributed by atoms with van der Waals surface area (Å²) in [6.07, 6.45) is 0. The van der Waals surface area contributed by atoms with Crippen molar-refractivity contribution in [3.05, 3.63) is 58.6 Å². The minimum absolute atomic E-state index is 0.574. The van der Waals surface area contributed by atoms with Crippen molar-refractivity contribution in [1.29, 1.82) is 5.26 Å². The molecular weight excluding hydrogens is 260 g/mol. The van der Waals surface area contributed by atoms with Gasteiger partial charge < -0.3 is 10.1 Å². The lowest BCUT2D eigenvalue weighted by Crippen LogP contribution is -2.01. The van der Waals surface area contributed by atoms with E-state index in [1.165, 1.54) is 0 Å². The molecule has 0 bridgehead atoms. The second kappa shape index (κ2) is 6.12. The van der Waals surface area contributed by atoms with Gasteiger partial charge in [0.1, 0.15) is 5.75 Å². The number of nitrogens with zero attached hydrogens (tertiary/aromatic N) is 1. The molecule has 0 saturated heterocycles. The molecule has 0 heterocycles. The minimum atomic E-state index is 0.574. The number of hydrogen-bond donors (Lipinski definition) is 1. The third-order valence-corrected chi connectivity index (χ3v) is 2.94. The first kappa shape index (κ1) is 13.3. The standard InChI is InChI=1S/C15H13ClN2O/c1-19-15-8-11(9-17)5-6-14(15)18-10-12-3-2-4-13(16)7-12/h2-8,18H,10H2,1H3. The van der Waals surface area contributed by atoms with Crippen molar-refractivity contribution in [1.82, 2.24) is 0 Å². The van der Waals surface area contributed by atoms with E-state index in [2.05, 4.69) is 11.4 Å². The van der Waals surface area contributed by atoms with Crippen molar-refractivity contribution in [3.8, 4) is 11.8 Å². The minimum Gasteiger partial charge on any atom is -0.495 e. The zero-order chi connectivity index (χ0) is 13.7. The molecule has 0 atom stereocenters. The van der Waals surface area contributed by atoms with Gasteiger partial charge >= 0.3 is 0 Å². The summed E-state index contributed by atoms with van der Waals surface area (Å²) in [5.41, 5.74) is 2.51. The molecule has 0 aliphatic rings. The quantitative estimate of drug-likeness (QED) is 0.920. The van der Waals surface area contributed by atoms with E-state index in [-0.39, 0.29) is 0 Å². The molecule has 0 aromatic heterocycles. The molecule has 3 nitrogen and oxygen atoms in total. The summed E-state index contributed by atoms with van der Waals surface area (Å²) in [7, 11) is 1.58. The number of nitriles is 1. The van der Waals surface area contributed by atoms with Crippen LogP contribution in [-0.2, 0) is 6.54 Å². The van der Waals surface area contributed by atoms with Crippen LogP contribution in [0.1, 0.15) is 11.1 Å². The molecule has 0 spiro atoms. The topological polar surface area (TPSA) is 45.0 Å². The van der Waals surface area contributed by atoms with Crippen LogP contribution in [0, 0.1) is 11.3 Å². The summed E-state index contributed by atoms with van der Waals surface area (Å²) in [5.74, 6) is 0.654. The summed E-state index contributed by atoms with van der Waals surface area (Å²) in [5, 5.41) is 12.8. The van der Waals surface area contributed by atoms with Gasteiger partial charge in [-0.2, -0.15) is 5.26 Å².